The summed E-state index contributed by atoms with van der Waals surface area (Å²) in [6, 6.07) is 2.46. The zero-order valence-corrected chi connectivity index (χ0v) is 10.3. The Morgan fingerprint density at radius 3 is 2.94 bits per heavy atom. The summed E-state index contributed by atoms with van der Waals surface area (Å²) in [4.78, 5) is 8.87. The molecule has 1 heterocycles. The van der Waals surface area contributed by atoms with E-state index in [4.69, 9.17) is 5.73 Å². The van der Waals surface area contributed by atoms with Gasteiger partial charge in [0.1, 0.15) is 17.5 Å². The third-order valence-electron chi connectivity index (χ3n) is 3.62. The van der Waals surface area contributed by atoms with Gasteiger partial charge < -0.3 is 11.1 Å². The Labute approximate surface area is 102 Å². The molecule has 0 saturated heterocycles. The number of aromatic nitrogens is 2. The van der Waals surface area contributed by atoms with Crippen molar-refractivity contribution >= 4 is 11.6 Å². The Hall–Kier alpha value is -1.32. The standard InChI is InChI=1S/C13H20N4/c1-2-3-9-6-10(9)15-12-7-11(14)16-13(17-12)8-4-5-8/h7-10H,2-6H2,1H3,(H3,14,15,16,17). The highest BCUT2D eigenvalue weighted by Gasteiger charge is 2.36. The average molecular weight is 232 g/mol. The summed E-state index contributed by atoms with van der Waals surface area (Å²) in [5.41, 5.74) is 5.82. The molecular formula is C13H20N4. The molecule has 0 radical (unpaired) electrons. The molecule has 3 N–H and O–H groups in total. The van der Waals surface area contributed by atoms with Gasteiger partial charge in [-0.1, -0.05) is 13.3 Å². The normalized spacial score (nSPS) is 26.9. The van der Waals surface area contributed by atoms with Gasteiger partial charge in [-0.3, -0.25) is 0 Å². The first kappa shape index (κ1) is 10.8. The molecule has 1 aromatic heterocycles. The van der Waals surface area contributed by atoms with Crippen LogP contribution in [0.2, 0.25) is 0 Å². The van der Waals surface area contributed by atoms with Crippen molar-refractivity contribution in [3.8, 4) is 0 Å². The van der Waals surface area contributed by atoms with Crippen LogP contribution >= 0.6 is 0 Å². The number of hydrogen-bond acceptors (Lipinski definition) is 4. The predicted octanol–water partition coefficient (Wildman–Crippen LogP) is 2.54. The van der Waals surface area contributed by atoms with Gasteiger partial charge in [0.25, 0.3) is 0 Å². The van der Waals surface area contributed by atoms with Gasteiger partial charge in [0, 0.05) is 18.0 Å². The van der Waals surface area contributed by atoms with Gasteiger partial charge >= 0.3 is 0 Å². The average Bonchev–Trinajstić information content (AvgIpc) is 3.13. The number of nitrogens with two attached hydrogens (primary N) is 1. The highest BCUT2D eigenvalue weighted by molar-refractivity contribution is 5.47. The van der Waals surface area contributed by atoms with Crippen LogP contribution in [0.4, 0.5) is 11.6 Å². The third-order valence-corrected chi connectivity index (χ3v) is 3.62. The zero-order valence-electron chi connectivity index (χ0n) is 10.3. The molecule has 0 bridgehead atoms. The van der Waals surface area contributed by atoms with Crippen molar-refractivity contribution in [2.75, 3.05) is 11.1 Å². The van der Waals surface area contributed by atoms with Crippen molar-refractivity contribution in [3.63, 3.8) is 0 Å². The second kappa shape index (κ2) is 4.17. The maximum Gasteiger partial charge on any atom is 0.136 e. The van der Waals surface area contributed by atoms with Gasteiger partial charge in [0.15, 0.2) is 0 Å². The number of rotatable bonds is 5. The molecule has 4 nitrogen and oxygen atoms in total. The summed E-state index contributed by atoms with van der Waals surface area (Å²) in [6.07, 6.45) is 6.28. The van der Waals surface area contributed by atoms with Crippen LogP contribution in [0.3, 0.4) is 0 Å². The van der Waals surface area contributed by atoms with E-state index in [1.165, 1.54) is 32.1 Å². The molecule has 2 unspecified atom stereocenters. The van der Waals surface area contributed by atoms with Crippen molar-refractivity contribution < 1.29 is 0 Å². The highest BCUT2D eigenvalue weighted by atomic mass is 15.1. The molecule has 92 valence electrons. The second-order valence-electron chi connectivity index (χ2n) is 5.35. The van der Waals surface area contributed by atoms with E-state index in [1.807, 2.05) is 6.07 Å². The number of nitrogen functional groups attached to an aromatic ring is 1. The van der Waals surface area contributed by atoms with E-state index in [2.05, 4.69) is 22.2 Å². The molecule has 0 spiro atoms. The zero-order chi connectivity index (χ0) is 11.8. The summed E-state index contributed by atoms with van der Waals surface area (Å²) in [5, 5.41) is 3.48. The first-order valence-electron chi connectivity index (χ1n) is 6.67. The monoisotopic (exact) mass is 232 g/mol. The van der Waals surface area contributed by atoms with Gasteiger partial charge in [0.05, 0.1) is 0 Å². The molecule has 0 amide bonds. The van der Waals surface area contributed by atoms with E-state index in [0.29, 0.717) is 17.8 Å². The topological polar surface area (TPSA) is 63.8 Å². The second-order valence-corrected chi connectivity index (χ2v) is 5.35. The van der Waals surface area contributed by atoms with E-state index in [1.54, 1.807) is 0 Å². The van der Waals surface area contributed by atoms with Crippen molar-refractivity contribution in [3.05, 3.63) is 11.9 Å². The Morgan fingerprint density at radius 2 is 2.24 bits per heavy atom. The Bertz CT molecular complexity index is 414. The van der Waals surface area contributed by atoms with E-state index < -0.39 is 0 Å². The molecule has 1 aromatic rings. The molecule has 2 saturated carbocycles. The molecule has 17 heavy (non-hydrogen) atoms. The maximum absolute atomic E-state index is 5.82. The smallest absolute Gasteiger partial charge is 0.136 e. The van der Waals surface area contributed by atoms with Crippen LogP contribution in [-0.4, -0.2) is 16.0 Å². The molecule has 4 heteroatoms. The minimum Gasteiger partial charge on any atom is -0.384 e. The fraction of sp³-hybridized carbons (Fsp3) is 0.692. The Morgan fingerprint density at radius 1 is 1.41 bits per heavy atom. The molecule has 2 aliphatic rings. The molecular weight excluding hydrogens is 212 g/mol. The largest absolute Gasteiger partial charge is 0.384 e. The summed E-state index contributed by atoms with van der Waals surface area (Å²) < 4.78 is 0. The van der Waals surface area contributed by atoms with Gasteiger partial charge in [-0.2, -0.15) is 0 Å². The Balaban J connectivity index is 1.66. The van der Waals surface area contributed by atoms with E-state index in [-0.39, 0.29) is 0 Å². The fourth-order valence-corrected chi connectivity index (χ4v) is 2.39. The van der Waals surface area contributed by atoms with Crippen LogP contribution in [0.25, 0.3) is 0 Å². The molecule has 0 aliphatic heterocycles. The van der Waals surface area contributed by atoms with Crippen molar-refractivity contribution in [2.24, 2.45) is 5.92 Å². The first-order valence-corrected chi connectivity index (χ1v) is 6.67. The minimum absolute atomic E-state index is 0.560. The predicted molar refractivity (Wildman–Crippen MR) is 68.8 cm³/mol. The Kier molecular flexibility index (Phi) is 2.65. The van der Waals surface area contributed by atoms with Gasteiger partial charge in [-0.15, -0.1) is 0 Å². The quantitative estimate of drug-likeness (QED) is 0.819. The van der Waals surface area contributed by atoms with Crippen molar-refractivity contribution in [1.29, 1.82) is 0 Å². The lowest BCUT2D eigenvalue weighted by molar-refractivity contribution is 0.692. The first-order chi connectivity index (χ1) is 8.26. The van der Waals surface area contributed by atoms with E-state index >= 15 is 0 Å². The van der Waals surface area contributed by atoms with Crippen molar-refractivity contribution in [1.82, 2.24) is 9.97 Å². The third kappa shape index (κ3) is 2.51. The van der Waals surface area contributed by atoms with Crippen LogP contribution in [-0.2, 0) is 0 Å². The molecule has 2 fully saturated rings. The number of nitrogens with one attached hydrogen (secondary N) is 1. The lowest BCUT2D eigenvalue weighted by atomic mass is 10.2. The van der Waals surface area contributed by atoms with Crippen LogP contribution in [0.5, 0.6) is 0 Å². The molecule has 0 aromatic carbocycles. The van der Waals surface area contributed by atoms with Crippen LogP contribution in [0.1, 0.15) is 50.8 Å². The highest BCUT2D eigenvalue weighted by Crippen LogP contribution is 2.40. The van der Waals surface area contributed by atoms with Gasteiger partial charge in [-0.25, -0.2) is 9.97 Å². The SMILES string of the molecule is CCCC1CC1Nc1cc(N)nc(C2CC2)n1. The van der Waals surface area contributed by atoms with Crippen LogP contribution in [0, 0.1) is 5.92 Å². The molecule has 3 rings (SSSR count). The lowest BCUT2D eigenvalue weighted by Crippen LogP contribution is -2.09. The van der Waals surface area contributed by atoms with Crippen LogP contribution in [0.15, 0.2) is 6.07 Å². The van der Waals surface area contributed by atoms with Crippen LogP contribution < -0.4 is 11.1 Å². The summed E-state index contributed by atoms with van der Waals surface area (Å²) >= 11 is 0. The summed E-state index contributed by atoms with van der Waals surface area (Å²) in [5.74, 6) is 3.84. The maximum atomic E-state index is 5.82. The van der Waals surface area contributed by atoms with Gasteiger partial charge in [0.2, 0.25) is 0 Å². The molecule has 2 aliphatic carbocycles. The summed E-state index contributed by atoms with van der Waals surface area (Å²) in [7, 11) is 0. The van der Waals surface area contributed by atoms with Gasteiger partial charge in [-0.05, 0) is 31.6 Å². The van der Waals surface area contributed by atoms with E-state index in [0.717, 1.165) is 17.6 Å². The number of nitrogens with zero attached hydrogens (tertiary/aromatic N) is 2. The number of hydrogen-bond donors (Lipinski definition) is 2. The lowest BCUT2D eigenvalue weighted by Gasteiger charge is -2.07. The van der Waals surface area contributed by atoms with E-state index in [9.17, 15) is 0 Å². The fourth-order valence-electron chi connectivity index (χ4n) is 2.39. The number of anilines is 2. The van der Waals surface area contributed by atoms with Crippen molar-refractivity contribution in [2.45, 2.75) is 51.0 Å². The minimum atomic E-state index is 0.560. The summed E-state index contributed by atoms with van der Waals surface area (Å²) in [6.45, 7) is 2.24. The molecule has 2 atom stereocenters.